The maximum Gasteiger partial charge on any atom is 0.318 e. The van der Waals surface area contributed by atoms with Crippen LogP contribution < -0.4 is 24.3 Å². The van der Waals surface area contributed by atoms with Crippen LogP contribution in [0.1, 0.15) is 23.1 Å². The normalized spacial score (nSPS) is 12.2. The molecular weight excluding hydrogens is 510 g/mol. The average molecular weight is 543 g/mol. The molecule has 0 saturated heterocycles. The summed E-state index contributed by atoms with van der Waals surface area (Å²) in [7, 11) is 6.03. The zero-order valence-electron chi connectivity index (χ0n) is 22.3. The van der Waals surface area contributed by atoms with Crippen molar-refractivity contribution in [1.82, 2.24) is 10.2 Å². The van der Waals surface area contributed by atoms with Crippen LogP contribution in [0.4, 0.5) is 13.6 Å². The van der Waals surface area contributed by atoms with Crippen molar-refractivity contribution in [3.8, 4) is 23.0 Å². The van der Waals surface area contributed by atoms with Crippen molar-refractivity contribution in [3.63, 3.8) is 0 Å². The Labute approximate surface area is 226 Å². The molecule has 0 radical (unpaired) electrons. The second-order valence-corrected chi connectivity index (χ2v) is 8.71. The summed E-state index contributed by atoms with van der Waals surface area (Å²) in [6, 6.07) is 15.0. The number of ether oxygens (including phenoxy) is 4. The van der Waals surface area contributed by atoms with Gasteiger partial charge in [0.05, 0.1) is 41.5 Å². The molecule has 3 rings (SSSR count). The van der Waals surface area contributed by atoms with Crippen LogP contribution in [-0.4, -0.2) is 52.3 Å². The lowest BCUT2D eigenvalue weighted by molar-refractivity contribution is -0.109. The number of aldehydes is 1. The van der Waals surface area contributed by atoms with Gasteiger partial charge in [-0.05, 0) is 30.3 Å². The first-order valence-corrected chi connectivity index (χ1v) is 12.1. The third-order valence-electron chi connectivity index (χ3n) is 6.39. The number of rotatable bonds is 13. The second kappa shape index (κ2) is 13.5. The molecule has 0 aliphatic rings. The first kappa shape index (κ1) is 29.2. The van der Waals surface area contributed by atoms with Crippen LogP contribution in [0.3, 0.4) is 0 Å². The monoisotopic (exact) mass is 542 g/mol. The number of carbonyl (C=O) groups is 2. The quantitative estimate of drug-likeness (QED) is 0.305. The number of amides is 2. The van der Waals surface area contributed by atoms with Gasteiger partial charge in [-0.3, -0.25) is 0 Å². The van der Waals surface area contributed by atoms with Crippen LogP contribution in [0, 0.1) is 5.82 Å². The number of urea groups is 1. The van der Waals surface area contributed by atoms with Gasteiger partial charge in [0.25, 0.3) is 0 Å². The molecule has 0 unspecified atom stereocenters. The Morgan fingerprint density at radius 2 is 1.41 bits per heavy atom. The Kier molecular flexibility index (Phi) is 10.1. The van der Waals surface area contributed by atoms with Gasteiger partial charge in [0.15, 0.2) is 0 Å². The molecule has 0 aromatic heterocycles. The van der Waals surface area contributed by atoms with Crippen LogP contribution in [0.15, 0.2) is 60.7 Å². The van der Waals surface area contributed by atoms with Crippen LogP contribution in [0.25, 0.3) is 0 Å². The van der Waals surface area contributed by atoms with Gasteiger partial charge >= 0.3 is 6.03 Å². The first-order valence-electron chi connectivity index (χ1n) is 12.1. The number of hydrogen-bond donors (Lipinski definition) is 1. The summed E-state index contributed by atoms with van der Waals surface area (Å²) in [5.74, 6) is 1.31. The van der Waals surface area contributed by atoms with E-state index in [0.717, 1.165) is 6.07 Å². The molecule has 0 spiro atoms. The summed E-state index contributed by atoms with van der Waals surface area (Å²) < 4.78 is 50.9. The van der Waals surface area contributed by atoms with Gasteiger partial charge in [-0.15, -0.1) is 0 Å². The van der Waals surface area contributed by atoms with Gasteiger partial charge in [0.2, 0.25) is 0 Å². The molecule has 39 heavy (non-hydrogen) atoms. The molecule has 0 saturated carbocycles. The van der Waals surface area contributed by atoms with Gasteiger partial charge in [0.1, 0.15) is 47.3 Å². The zero-order valence-corrected chi connectivity index (χ0v) is 22.3. The molecule has 0 heterocycles. The molecule has 10 heteroatoms. The molecule has 1 atom stereocenters. The molecule has 3 aromatic carbocycles. The molecule has 208 valence electrons. The van der Waals surface area contributed by atoms with E-state index in [0.29, 0.717) is 40.4 Å². The minimum absolute atomic E-state index is 0.0227. The summed E-state index contributed by atoms with van der Waals surface area (Å²) in [6.07, 6.45) is -0.0165. The molecule has 0 aliphatic heterocycles. The maximum atomic E-state index is 14.8. The summed E-state index contributed by atoms with van der Waals surface area (Å²) in [4.78, 5) is 26.8. The third kappa shape index (κ3) is 6.76. The minimum atomic E-state index is -1.91. The molecule has 0 fully saturated rings. The van der Waals surface area contributed by atoms with Gasteiger partial charge in [-0.1, -0.05) is 18.2 Å². The van der Waals surface area contributed by atoms with Gasteiger partial charge in [-0.25, -0.2) is 13.6 Å². The maximum absolute atomic E-state index is 14.8. The van der Waals surface area contributed by atoms with Crippen molar-refractivity contribution >= 4 is 12.3 Å². The Morgan fingerprint density at radius 3 is 1.85 bits per heavy atom. The van der Waals surface area contributed by atoms with Crippen LogP contribution in [-0.2, 0) is 23.4 Å². The lowest BCUT2D eigenvalue weighted by Crippen LogP contribution is -2.53. The minimum Gasteiger partial charge on any atom is -0.497 e. The number of halogens is 2. The molecule has 0 bridgehead atoms. The van der Waals surface area contributed by atoms with Crippen molar-refractivity contribution in [3.05, 3.63) is 83.2 Å². The summed E-state index contributed by atoms with van der Waals surface area (Å²) in [6.45, 7) is -1.16. The largest absolute Gasteiger partial charge is 0.497 e. The number of alkyl halides is 1. The summed E-state index contributed by atoms with van der Waals surface area (Å²) in [5.41, 5.74) is -0.769. The van der Waals surface area contributed by atoms with E-state index in [1.165, 1.54) is 51.5 Å². The number of hydrogen-bond acceptors (Lipinski definition) is 6. The first-order chi connectivity index (χ1) is 18.8. The Bertz CT molecular complexity index is 1230. The summed E-state index contributed by atoms with van der Waals surface area (Å²) in [5, 5.41) is 2.61. The fraction of sp³-hybridized carbons (Fsp3) is 0.310. The van der Waals surface area contributed by atoms with Gasteiger partial charge in [0, 0.05) is 35.2 Å². The number of benzene rings is 3. The topological polar surface area (TPSA) is 86.3 Å². The average Bonchev–Trinajstić information content (AvgIpc) is 2.96. The second-order valence-electron chi connectivity index (χ2n) is 8.71. The predicted octanol–water partition coefficient (Wildman–Crippen LogP) is 5.03. The number of nitrogens with zero attached hydrogens (tertiary/aromatic N) is 1. The van der Waals surface area contributed by atoms with E-state index in [4.69, 9.17) is 18.9 Å². The predicted molar refractivity (Wildman–Crippen MR) is 142 cm³/mol. The highest BCUT2D eigenvalue weighted by atomic mass is 19.1. The van der Waals surface area contributed by atoms with E-state index < -0.39 is 30.5 Å². The molecule has 0 aliphatic carbocycles. The van der Waals surface area contributed by atoms with Crippen molar-refractivity contribution in [1.29, 1.82) is 0 Å². The van der Waals surface area contributed by atoms with Gasteiger partial charge in [-0.2, -0.15) is 0 Å². The number of carbonyl (C=O) groups excluding carboxylic acids is 2. The smallest absolute Gasteiger partial charge is 0.318 e. The SMILES string of the molecule is COc1ccc(CN(Cc2ccc(OC)cc2OC)C(=O)N[C@@](CF)(CC=O)c2ccccc2F)c(OC)c1. The van der Waals surface area contributed by atoms with E-state index in [1.807, 2.05) is 0 Å². The van der Waals surface area contributed by atoms with E-state index in [1.54, 1.807) is 36.4 Å². The fourth-order valence-corrected chi connectivity index (χ4v) is 4.24. The van der Waals surface area contributed by atoms with E-state index >= 15 is 0 Å². The Morgan fingerprint density at radius 1 is 0.872 bits per heavy atom. The fourth-order valence-electron chi connectivity index (χ4n) is 4.24. The Hall–Kier alpha value is -4.34. The van der Waals surface area contributed by atoms with E-state index in [9.17, 15) is 18.4 Å². The molecular formula is C29H32F2N2O6. The molecule has 1 N–H and O–H groups in total. The third-order valence-corrected chi connectivity index (χ3v) is 6.39. The van der Waals surface area contributed by atoms with Gasteiger partial charge < -0.3 is 34.0 Å². The van der Waals surface area contributed by atoms with E-state index in [2.05, 4.69) is 5.32 Å². The van der Waals surface area contributed by atoms with E-state index in [-0.39, 0.29) is 18.7 Å². The van der Waals surface area contributed by atoms with Crippen LogP contribution in [0.2, 0.25) is 0 Å². The summed E-state index contributed by atoms with van der Waals surface area (Å²) >= 11 is 0. The highest BCUT2D eigenvalue weighted by Crippen LogP contribution is 2.31. The molecule has 2 amide bonds. The lowest BCUT2D eigenvalue weighted by atomic mass is 9.88. The van der Waals surface area contributed by atoms with Crippen molar-refractivity contribution in [2.45, 2.75) is 25.0 Å². The highest BCUT2D eigenvalue weighted by Gasteiger charge is 2.38. The van der Waals surface area contributed by atoms with Crippen molar-refractivity contribution in [2.75, 3.05) is 35.1 Å². The van der Waals surface area contributed by atoms with Crippen LogP contribution >= 0.6 is 0 Å². The highest BCUT2D eigenvalue weighted by molar-refractivity contribution is 5.76. The lowest BCUT2D eigenvalue weighted by Gasteiger charge is -2.34. The van der Waals surface area contributed by atoms with Crippen LogP contribution in [0.5, 0.6) is 23.0 Å². The standard InChI is InChI=1S/C29H32F2N2O6/c1-36-22-11-9-20(26(15-22)38-3)17-33(18-21-10-12-23(37-2)16-27(21)39-4)28(35)32-29(19-30,13-14-34)24-7-5-6-8-25(24)31/h5-12,14-16H,13,17-19H2,1-4H3,(H,32,35)/t29-/m1/s1. The Balaban J connectivity index is 2.05. The molecule has 3 aromatic rings. The number of nitrogens with one attached hydrogen (secondary N) is 1. The van der Waals surface area contributed by atoms with Crippen molar-refractivity contribution < 1.29 is 37.3 Å². The molecule has 8 nitrogen and oxygen atoms in total. The van der Waals surface area contributed by atoms with Crippen molar-refractivity contribution in [2.24, 2.45) is 0 Å². The number of methoxy groups -OCH3 is 4. The zero-order chi connectivity index (χ0) is 28.4.